The van der Waals surface area contributed by atoms with Crippen LogP contribution in [0, 0.1) is 0 Å². The van der Waals surface area contributed by atoms with Crippen LogP contribution in [0.25, 0.3) is 60.7 Å². The average molecular weight is 641 g/mol. The molecular weight excluding hydrogens is 609 g/mol. The second-order valence-electron chi connectivity index (χ2n) is 12.9. The zero-order chi connectivity index (χ0) is 33.0. The molecule has 0 saturated carbocycles. The topological polar surface area (TPSA) is 34.2 Å². The van der Waals surface area contributed by atoms with Crippen LogP contribution < -0.4 is 5.32 Å². The number of nitrogens with one attached hydrogen (secondary N) is 1. The highest BCUT2D eigenvalue weighted by atomic mass is 15.1. The fourth-order valence-electron chi connectivity index (χ4n) is 7.67. The van der Waals surface area contributed by atoms with Gasteiger partial charge in [0.25, 0.3) is 0 Å². The normalized spacial score (nSPS) is 14.6. The molecule has 0 fully saturated rings. The van der Waals surface area contributed by atoms with Crippen molar-refractivity contribution in [2.24, 2.45) is 4.99 Å². The van der Waals surface area contributed by atoms with E-state index >= 15 is 0 Å². The first kappa shape index (κ1) is 28.4. The lowest BCUT2D eigenvalue weighted by Crippen LogP contribution is -2.31. The summed E-state index contributed by atoms with van der Waals surface area (Å²) in [6, 6.07) is 62.8. The Labute approximate surface area is 289 Å². The number of aliphatic imine (C=N–C) groups is 1. The monoisotopic (exact) mass is 640 g/mol. The molecule has 1 aliphatic rings. The van der Waals surface area contributed by atoms with Crippen molar-refractivity contribution in [2.45, 2.75) is 6.04 Å². The Hall–Kier alpha value is -6.65. The molecule has 1 N–H and O–H groups in total. The molecule has 1 atom stereocenters. The zero-order valence-electron chi connectivity index (χ0n) is 27.2. The summed E-state index contributed by atoms with van der Waals surface area (Å²) < 4.78 is 4.78. The number of hydrogen-bond donors (Lipinski definition) is 1. The molecule has 9 aromatic rings. The number of aromatic nitrogens is 2. The third-order valence-corrected chi connectivity index (χ3v) is 9.95. The Kier molecular flexibility index (Phi) is 6.53. The number of hydrogen-bond acceptors (Lipinski definition) is 2. The fraction of sp³-hybridized carbons (Fsp3) is 0.0217. The van der Waals surface area contributed by atoms with E-state index in [4.69, 9.17) is 4.99 Å². The molecule has 0 bridgehead atoms. The van der Waals surface area contributed by atoms with E-state index in [0.29, 0.717) is 0 Å². The Morgan fingerprint density at radius 2 is 0.940 bits per heavy atom. The molecule has 0 radical (unpaired) electrons. The van der Waals surface area contributed by atoms with Crippen LogP contribution in [-0.2, 0) is 0 Å². The van der Waals surface area contributed by atoms with Crippen LogP contribution in [0.1, 0.15) is 22.7 Å². The largest absolute Gasteiger partial charge is 0.359 e. The number of benzene rings is 7. The van der Waals surface area contributed by atoms with Gasteiger partial charge in [0.15, 0.2) is 0 Å². The zero-order valence-corrected chi connectivity index (χ0v) is 27.2. The minimum Gasteiger partial charge on any atom is -0.359 e. The molecule has 0 amide bonds. The van der Waals surface area contributed by atoms with Gasteiger partial charge in [-0.05, 0) is 65.7 Å². The summed E-state index contributed by atoms with van der Waals surface area (Å²) in [5.41, 5.74) is 11.3. The molecule has 3 heterocycles. The first-order chi connectivity index (χ1) is 24.8. The molecule has 0 aliphatic carbocycles. The van der Waals surface area contributed by atoms with Crippen molar-refractivity contribution >= 4 is 55.1 Å². The maximum Gasteiger partial charge on any atom is 0.134 e. The maximum absolute atomic E-state index is 5.19. The van der Waals surface area contributed by atoms with Gasteiger partial charge in [-0.2, -0.15) is 0 Å². The van der Waals surface area contributed by atoms with E-state index in [1.54, 1.807) is 0 Å². The highest BCUT2D eigenvalue weighted by Gasteiger charge is 2.21. The summed E-state index contributed by atoms with van der Waals surface area (Å²) >= 11 is 0. The Bertz CT molecular complexity index is 2730. The van der Waals surface area contributed by atoms with Gasteiger partial charge >= 0.3 is 0 Å². The number of nitrogens with zero attached hydrogens (tertiary/aromatic N) is 3. The van der Waals surface area contributed by atoms with Crippen LogP contribution in [0.15, 0.2) is 187 Å². The van der Waals surface area contributed by atoms with Gasteiger partial charge in [0, 0.05) is 38.5 Å². The molecule has 1 unspecified atom stereocenters. The number of para-hydroxylation sites is 3. The molecule has 4 nitrogen and oxygen atoms in total. The van der Waals surface area contributed by atoms with Gasteiger partial charge in [-0.1, -0.05) is 127 Å². The molecular formula is C46H32N4. The van der Waals surface area contributed by atoms with E-state index in [1.807, 2.05) is 6.07 Å². The van der Waals surface area contributed by atoms with Gasteiger partial charge in [-0.15, -0.1) is 0 Å². The second-order valence-corrected chi connectivity index (χ2v) is 12.9. The highest BCUT2D eigenvalue weighted by molar-refractivity contribution is 6.12. The maximum atomic E-state index is 5.19. The number of fused-ring (bicyclic) bond motifs is 6. The van der Waals surface area contributed by atoms with Gasteiger partial charge in [-0.3, -0.25) is 0 Å². The molecule has 50 heavy (non-hydrogen) atoms. The Morgan fingerprint density at radius 3 is 1.60 bits per heavy atom. The SMILES string of the molecule is C1=C(c2ccccc2)N=C(c2cccc(-n3c4ccccc4c4cc(-n5c6ccccc6c6ccccc65)ccc43)c2)NC1c1ccccc1. The quantitative estimate of drug-likeness (QED) is 0.200. The molecule has 0 spiro atoms. The van der Waals surface area contributed by atoms with E-state index in [0.717, 1.165) is 34.0 Å². The molecule has 236 valence electrons. The van der Waals surface area contributed by atoms with Crippen LogP contribution in [0.2, 0.25) is 0 Å². The summed E-state index contributed by atoms with van der Waals surface area (Å²) in [6.45, 7) is 0. The van der Waals surface area contributed by atoms with E-state index in [-0.39, 0.29) is 6.04 Å². The molecule has 1 aliphatic heterocycles. The summed E-state index contributed by atoms with van der Waals surface area (Å²) in [4.78, 5) is 5.19. The molecule has 10 rings (SSSR count). The first-order valence-electron chi connectivity index (χ1n) is 17.1. The Morgan fingerprint density at radius 1 is 0.420 bits per heavy atom. The standard InChI is InChI=1S/C46H32N4/c1-3-14-31(15-4-1)40-30-41(32-16-5-2-6-17-32)48-46(47-40)33-18-13-19-34(28-33)49-44-25-12-9-22-38(44)39-29-35(26-27-45(39)49)50-42-23-10-7-20-36(42)37-21-8-11-24-43(37)50/h1-30,40H,(H,47,48). The molecule has 2 aromatic heterocycles. The first-order valence-corrected chi connectivity index (χ1v) is 17.1. The molecule has 7 aromatic carbocycles. The van der Waals surface area contributed by atoms with E-state index < -0.39 is 0 Å². The van der Waals surface area contributed by atoms with E-state index in [9.17, 15) is 0 Å². The average Bonchev–Trinajstić information content (AvgIpc) is 3.71. The summed E-state index contributed by atoms with van der Waals surface area (Å²) in [5.74, 6) is 0.858. The fourth-order valence-corrected chi connectivity index (χ4v) is 7.67. The van der Waals surface area contributed by atoms with Crippen LogP contribution in [-0.4, -0.2) is 15.0 Å². The van der Waals surface area contributed by atoms with Gasteiger partial charge in [0.1, 0.15) is 5.84 Å². The van der Waals surface area contributed by atoms with Crippen molar-refractivity contribution in [3.63, 3.8) is 0 Å². The molecule has 4 heteroatoms. The van der Waals surface area contributed by atoms with E-state index in [1.165, 1.54) is 49.2 Å². The van der Waals surface area contributed by atoms with Gasteiger partial charge in [0.2, 0.25) is 0 Å². The number of rotatable bonds is 5. The van der Waals surface area contributed by atoms with Crippen molar-refractivity contribution in [2.75, 3.05) is 0 Å². The number of amidine groups is 1. The summed E-state index contributed by atoms with van der Waals surface area (Å²) in [7, 11) is 0. The van der Waals surface area contributed by atoms with Gasteiger partial charge in [-0.25, -0.2) is 4.99 Å². The van der Waals surface area contributed by atoms with Crippen LogP contribution in [0.4, 0.5) is 0 Å². The lowest BCUT2D eigenvalue weighted by atomic mass is 10.0. The van der Waals surface area contributed by atoms with Crippen molar-refractivity contribution in [1.29, 1.82) is 0 Å². The lowest BCUT2D eigenvalue weighted by molar-refractivity contribution is 0.781. The highest BCUT2D eigenvalue weighted by Crippen LogP contribution is 2.37. The minimum absolute atomic E-state index is 0.00456. The van der Waals surface area contributed by atoms with Crippen molar-refractivity contribution in [1.82, 2.24) is 14.5 Å². The van der Waals surface area contributed by atoms with Crippen LogP contribution in [0.3, 0.4) is 0 Å². The van der Waals surface area contributed by atoms with Crippen LogP contribution >= 0.6 is 0 Å². The smallest absolute Gasteiger partial charge is 0.134 e. The van der Waals surface area contributed by atoms with Crippen molar-refractivity contribution in [3.05, 3.63) is 199 Å². The Balaban J connectivity index is 1.12. The van der Waals surface area contributed by atoms with E-state index in [2.05, 4.69) is 190 Å². The summed E-state index contributed by atoms with van der Waals surface area (Å²) in [5, 5.41) is 8.72. The summed E-state index contributed by atoms with van der Waals surface area (Å²) in [6.07, 6.45) is 2.22. The van der Waals surface area contributed by atoms with Gasteiger partial charge < -0.3 is 14.5 Å². The second kappa shape index (κ2) is 11.5. The third-order valence-electron chi connectivity index (χ3n) is 9.95. The molecule has 0 saturated heterocycles. The third kappa shape index (κ3) is 4.57. The van der Waals surface area contributed by atoms with Crippen molar-refractivity contribution < 1.29 is 0 Å². The lowest BCUT2D eigenvalue weighted by Gasteiger charge is -2.25. The van der Waals surface area contributed by atoms with Gasteiger partial charge in [0.05, 0.1) is 33.8 Å². The van der Waals surface area contributed by atoms with Crippen LogP contribution in [0.5, 0.6) is 0 Å². The predicted molar refractivity (Wildman–Crippen MR) is 208 cm³/mol. The minimum atomic E-state index is -0.00456. The predicted octanol–water partition coefficient (Wildman–Crippen LogP) is 11.0. The van der Waals surface area contributed by atoms with Crippen molar-refractivity contribution in [3.8, 4) is 11.4 Å².